The first-order valence-corrected chi connectivity index (χ1v) is 10.8. The molecule has 0 bridgehead atoms. The second kappa shape index (κ2) is 12.1. The fourth-order valence-electron chi connectivity index (χ4n) is 3.01. The number of hydrogen-bond acceptors (Lipinski definition) is 4. The molecule has 0 aliphatic heterocycles. The van der Waals surface area contributed by atoms with Gasteiger partial charge in [-0.25, -0.2) is 9.98 Å². The van der Waals surface area contributed by atoms with Gasteiger partial charge in [0.15, 0.2) is 5.96 Å². The van der Waals surface area contributed by atoms with E-state index >= 15 is 0 Å². The molecule has 3 aromatic rings. The number of aliphatic hydroxyl groups is 1. The van der Waals surface area contributed by atoms with Gasteiger partial charge in [-0.05, 0) is 37.3 Å². The van der Waals surface area contributed by atoms with Gasteiger partial charge in [0.25, 0.3) is 0 Å². The third-order valence-corrected chi connectivity index (χ3v) is 5.78. The van der Waals surface area contributed by atoms with Crippen molar-refractivity contribution in [2.24, 2.45) is 4.99 Å². The van der Waals surface area contributed by atoms with Crippen molar-refractivity contribution >= 4 is 41.3 Å². The van der Waals surface area contributed by atoms with Crippen LogP contribution in [-0.2, 0) is 25.1 Å². The first-order chi connectivity index (χ1) is 14.1. The highest BCUT2D eigenvalue weighted by atomic mass is 127. The van der Waals surface area contributed by atoms with Crippen LogP contribution in [0, 0.1) is 0 Å². The molecule has 1 unspecified atom stereocenters. The summed E-state index contributed by atoms with van der Waals surface area (Å²) >= 11 is 1.55. The summed E-state index contributed by atoms with van der Waals surface area (Å²) in [4.78, 5) is 10.1. The third kappa shape index (κ3) is 7.10. The van der Waals surface area contributed by atoms with Crippen molar-refractivity contribution in [3.8, 4) is 0 Å². The Morgan fingerprint density at radius 3 is 2.70 bits per heavy atom. The van der Waals surface area contributed by atoms with E-state index in [4.69, 9.17) is 0 Å². The minimum absolute atomic E-state index is 0. The van der Waals surface area contributed by atoms with Crippen LogP contribution < -0.4 is 10.6 Å². The van der Waals surface area contributed by atoms with E-state index in [1.54, 1.807) is 11.3 Å². The molecular formula is C22H30IN5OS. The van der Waals surface area contributed by atoms with E-state index in [2.05, 4.69) is 49.4 Å². The van der Waals surface area contributed by atoms with Crippen molar-refractivity contribution in [3.63, 3.8) is 0 Å². The molecule has 3 N–H and O–H groups in total. The van der Waals surface area contributed by atoms with Crippen LogP contribution >= 0.6 is 35.3 Å². The zero-order chi connectivity index (χ0) is 20.5. The van der Waals surface area contributed by atoms with Crippen molar-refractivity contribution in [1.29, 1.82) is 0 Å². The first-order valence-electron chi connectivity index (χ1n) is 9.91. The largest absolute Gasteiger partial charge is 0.383 e. The van der Waals surface area contributed by atoms with Crippen molar-refractivity contribution in [2.45, 2.75) is 39.0 Å². The quantitative estimate of drug-likeness (QED) is 0.220. The van der Waals surface area contributed by atoms with Gasteiger partial charge in [0.2, 0.25) is 0 Å². The highest BCUT2D eigenvalue weighted by molar-refractivity contribution is 14.0. The maximum Gasteiger partial charge on any atom is 0.191 e. The summed E-state index contributed by atoms with van der Waals surface area (Å²) in [6.45, 7) is 6.29. The van der Waals surface area contributed by atoms with Crippen molar-refractivity contribution in [1.82, 2.24) is 20.2 Å². The molecule has 0 radical (unpaired) electrons. The Bertz CT molecular complexity index is 893. The second-order valence-corrected chi connectivity index (χ2v) is 8.02. The second-order valence-electron chi connectivity index (χ2n) is 7.07. The lowest BCUT2D eigenvalue weighted by Gasteiger charge is -2.23. The van der Waals surface area contributed by atoms with Gasteiger partial charge >= 0.3 is 0 Å². The van der Waals surface area contributed by atoms with Crippen LogP contribution in [-0.4, -0.2) is 33.7 Å². The number of guanidine groups is 1. The normalized spacial score (nSPS) is 13.4. The lowest BCUT2D eigenvalue weighted by molar-refractivity contribution is 0.0655. The molecule has 2 aromatic heterocycles. The number of halogens is 1. The smallest absolute Gasteiger partial charge is 0.191 e. The Labute approximate surface area is 199 Å². The highest BCUT2D eigenvalue weighted by Gasteiger charge is 2.24. The summed E-state index contributed by atoms with van der Waals surface area (Å²) < 4.78 is 2.14. The summed E-state index contributed by atoms with van der Waals surface area (Å²) in [7, 11) is 0. The zero-order valence-corrected chi connectivity index (χ0v) is 20.6. The number of aromatic nitrogens is 2. The predicted octanol–water partition coefficient (Wildman–Crippen LogP) is 3.77. The van der Waals surface area contributed by atoms with E-state index in [-0.39, 0.29) is 24.0 Å². The van der Waals surface area contributed by atoms with Crippen LogP contribution in [0.5, 0.6) is 0 Å². The summed E-state index contributed by atoms with van der Waals surface area (Å²) in [5.41, 5.74) is 0.361. The summed E-state index contributed by atoms with van der Waals surface area (Å²) in [5.74, 6) is 1.59. The minimum atomic E-state index is -0.946. The van der Waals surface area contributed by atoms with E-state index in [9.17, 15) is 5.11 Å². The van der Waals surface area contributed by atoms with Gasteiger partial charge in [-0.1, -0.05) is 36.4 Å². The number of imidazole rings is 1. The Morgan fingerprint density at radius 1 is 1.20 bits per heavy atom. The number of nitrogens with zero attached hydrogens (tertiary/aromatic N) is 3. The van der Waals surface area contributed by atoms with Gasteiger partial charge in [0.05, 0.1) is 6.54 Å². The lowest BCUT2D eigenvalue weighted by Crippen LogP contribution is -2.44. The van der Waals surface area contributed by atoms with Gasteiger partial charge < -0.3 is 20.3 Å². The number of aliphatic imine (C=N–C) groups is 1. The maximum atomic E-state index is 10.7. The average molecular weight is 539 g/mol. The van der Waals surface area contributed by atoms with Crippen LogP contribution in [0.25, 0.3) is 0 Å². The zero-order valence-electron chi connectivity index (χ0n) is 17.4. The fourth-order valence-corrected chi connectivity index (χ4v) is 3.80. The summed E-state index contributed by atoms with van der Waals surface area (Å²) in [6.07, 6.45) is 4.77. The van der Waals surface area contributed by atoms with Gasteiger partial charge in [-0.15, -0.1) is 35.3 Å². The number of hydrogen-bond donors (Lipinski definition) is 3. The van der Waals surface area contributed by atoms with Gasteiger partial charge in [0, 0.05) is 30.4 Å². The monoisotopic (exact) mass is 539 g/mol. The molecule has 0 saturated heterocycles. The SMILES string of the molecule is CCNC(=NCc1nccn1CCc1ccccc1)NCC(C)(O)c1cccs1.I. The molecule has 0 amide bonds. The number of rotatable bonds is 9. The molecular weight excluding hydrogens is 509 g/mol. The summed E-state index contributed by atoms with van der Waals surface area (Å²) in [5, 5.41) is 19.2. The van der Waals surface area contributed by atoms with Crippen molar-refractivity contribution < 1.29 is 5.11 Å². The molecule has 1 atom stereocenters. The van der Waals surface area contributed by atoms with E-state index in [0.29, 0.717) is 19.0 Å². The standard InChI is InChI=1S/C22H29N5OS.HI/c1-3-23-21(26-17-22(2,28)19-10-7-15-29-19)25-16-20-24-12-14-27(20)13-11-18-8-5-4-6-9-18;/h4-10,12,14-15,28H,3,11,13,16-17H2,1-2H3,(H2,23,25,26);1H. The third-order valence-electron chi connectivity index (χ3n) is 4.66. The topological polar surface area (TPSA) is 74.5 Å². The van der Waals surface area contributed by atoms with Crippen LogP contribution in [0.1, 0.15) is 30.1 Å². The minimum Gasteiger partial charge on any atom is -0.383 e. The van der Waals surface area contributed by atoms with Crippen LogP contribution in [0.2, 0.25) is 0 Å². The van der Waals surface area contributed by atoms with E-state index in [1.807, 2.05) is 49.8 Å². The molecule has 2 heterocycles. The van der Waals surface area contributed by atoms with Gasteiger partial charge in [-0.2, -0.15) is 0 Å². The molecule has 162 valence electrons. The lowest BCUT2D eigenvalue weighted by atomic mass is 10.1. The molecule has 0 spiro atoms. The number of benzene rings is 1. The Morgan fingerprint density at radius 2 is 2.00 bits per heavy atom. The molecule has 8 heteroatoms. The average Bonchev–Trinajstić information content (AvgIpc) is 3.42. The van der Waals surface area contributed by atoms with E-state index in [1.165, 1.54) is 5.56 Å². The number of nitrogens with one attached hydrogen (secondary N) is 2. The molecule has 0 fully saturated rings. The number of aryl methyl sites for hydroxylation is 2. The van der Waals surface area contributed by atoms with E-state index < -0.39 is 5.60 Å². The maximum absolute atomic E-state index is 10.7. The van der Waals surface area contributed by atoms with Gasteiger partial charge in [-0.3, -0.25) is 0 Å². The summed E-state index contributed by atoms with van der Waals surface area (Å²) in [6, 6.07) is 14.3. The predicted molar refractivity (Wildman–Crippen MR) is 134 cm³/mol. The van der Waals surface area contributed by atoms with Crippen LogP contribution in [0.3, 0.4) is 0 Å². The highest BCUT2D eigenvalue weighted by Crippen LogP contribution is 2.24. The molecule has 0 aliphatic rings. The Kier molecular flexibility index (Phi) is 9.80. The fraction of sp³-hybridized carbons (Fsp3) is 0.364. The van der Waals surface area contributed by atoms with Crippen LogP contribution in [0.15, 0.2) is 65.2 Å². The molecule has 6 nitrogen and oxygen atoms in total. The molecule has 30 heavy (non-hydrogen) atoms. The molecule has 0 aliphatic carbocycles. The first kappa shape index (κ1) is 24.4. The molecule has 1 aromatic carbocycles. The number of thiophene rings is 1. The Hall–Kier alpha value is -1.91. The van der Waals surface area contributed by atoms with E-state index in [0.717, 1.165) is 30.2 Å². The van der Waals surface area contributed by atoms with Crippen molar-refractivity contribution in [2.75, 3.05) is 13.1 Å². The molecule has 3 rings (SSSR count). The Balaban J connectivity index is 0.00000320. The van der Waals surface area contributed by atoms with Crippen molar-refractivity contribution in [3.05, 3.63) is 76.5 Å². The van der Waals surface area contributed by atoms with Crippen LogP contribution in [0.4, 0.5) is 0 Å². The molecule has 0 saturated carbocycles. The van der Waals surface area contributed by atoms with Gasteiger partial charge in [0.1, 0.15) is 18.0 Å².